The lowest BCUT2D eigenvalue weighted by atomic mass is 9.86. The molecule has 0 aromatic carbocycles. The molecule has 0 radical (unpaired) electrons. The molecule has 0 N–H and O–H groups in total. The van der Waals surface area contributed by atoms with Gasteiger partial charge < -0.3 is 9.47 Å². The summed E-state index contributed by atoms with van der Waals surface area (Å²) in [5.41, 5.74) is -5.33. The van der Waals surface area contributed by atoms with Gasteiger partial charge in [0.2, 0.25) is 0 Å². The summed E-state index contributed by atoms with van der Waals surface area (Å²) < 4.78 is 103. The molecule has 0 unspecified atom stereocenters. The monoisotopic (exact) mass is 410 g/mol. The Hall–Kier alpha value is -1.39. The maximum absolute atomic E-state index is 12.5. The topological polar surface area (TPSA) is 69.7 Å². The Labute approximate surface area is 188 Å². The van der Waals surface area contributed by atoms with Gasteiger partial charge in [-0.1, -0.05) is 25.7 Å². The predicted molar refractivity (Wildman–Crippen MR) is 112 cm³/mol. The van der Waals surface area contributed by atoms with Crippen molar-refractivity contribution in [2.75, 3.05) is 13.2 Å². The highest BCUT2D eigenvalue weighted by Gasteiger charge is 2.29. The van der Waals surface area contributed by atoms with E-state index in [0.717, 1.165) is 0 Å². The van der Waals surface area contributed by atoms with Crippen molar-refractivity contribution in [3.05, 3.63) is 0 Å². The number of Topliss-reactive ketones (excluding diaryl/α,β-unsaturated/α-hetero) is 1. The minimum Gasteiger partial charge on any atom is -0.466 e. The van der Waals surface area contributed by atoms with Crippen LogP contribution in [0.5, 0.6) is 0 Å². The number of ether oxygens (including phenoxy) is 2. The summed E-state index contributed by atoms with van der Waals surface area (Å²) in [6.07, 6.45) is 0.775. The largest absolute Gasteiger partial charge is 0.466 e. The number of hydrogen-bond donors (Lipinski definition) is 0. The molecule has 0 saturated carbocycles. The second-order valence-corrected chi connectivity index (χ2v) is 6.91. The van der Waals surface area contributed by atoms with E-state index in [1.807, 2.05) is 0 Å². The lowest BCUT2D eigenvalue weighted by molar-refractivity contribution is -0.154. The highest BCUT2D eigenvalue weighted by molar-refractivity contribution is 5.78. The molecule has 0 aliphatic rings. The fourth-order valence-corrected chi connectivity index (χ4v) is 2.62. The Morgan fingerprint density at radius 1 is 0.679 bits per heavy atom. The highest BCUT2D eigenvalue weighted by atomic mass is 16.5. The van der Waals surface area contributed by atoms with Crippen LogP contribution >= 0.6 is 0 Å². The molecule has 164 valence electrons. The van der Waals surface area contributed by atoms with Crippen molar-refractivity contribution in [3.63, 3.8) is 0 Å². The molecule has 0 atom stereocenters. The van der Waals surface area contributed by atoms with Gasteiger partial charge >= 0.3 is 11.9 Å². The van der Waals surface area contributed by atoms with E-state index in [0.29, 0.717) is 25.7 Å². The Kier molecular flexibility index (Phi) is 6.05. The normalized spacial score (nSPS) is 20.1. The SMILES string of the molecule is [2H]C([2H])([2H])C(CCCCCC(=O)CCCCCC(C(=O)OCC)(C([2H])([2H])[2H])C([2H])([2H])[2H])(C(=O)OCC)C([2H])([2H])[2H]. The molecule has 0 amide bonds. The average molecular weight is 411 g/mol. The van der Waals surface area contributed by atoms with Crippen LogP contribution in [0, 0.1) is 10.8 Å². The van der Waals surface area contributed by atoms with E-state index in [4.69, 9.17) is 25.9 Å². The molecule has 0 fully saturated rings. The van der Waals surface area contributed by atoms with Crippen LogP contribution in [0.4, 0.5) is 0 Å². The van der Waals surface area contributed by atoms with Crippen LogP contribution in [-0.2, 0) is 23.9 Å². The van der Waals surface area contributed by atoms with Gasteiger partial charge in [-0.3, -0.25) is 14.4 Å². The van der Waals surface area contributed by atoms with Crippen molar-refractivity contribution >= 4 is 17.7 Å². The van der Waals surface area contributed by atoms with Crippen molar-refractivity contribution in [1.29, 1.82) is 0 Å². The first kappa shape index (κ1) is 12.3. The van der Waals surface area contributed by atoms with Gasteiger partial charge in [-0.05, 0) is 66.9 Å². The van der Waals surface area contributed by atoms with Gasteiger partial charge in [0, 0.05) is 29.3 Å². The van der Waals surface area contributed by atoms with Crippen molar-refractivity contribution in [1.82, 2.24) is 0 Å². The number of rotatable bonds is 16. The van der Waals surface area contributed by atoms with Crippen molar-refractivity contribution in [2.45, 2.75) is 105 Å². The summed E-state index contributed by atoms with van der Waals surface area (Å²) >= 11 is 0. The van der Waals surface area contributed by atoms with Gasteiger partial charge in [0.1, 0.15) is 5.78 Å². The molecule has 0 heterocycles. The van der Waals surface area contributed by atoms with Crippen LogP contribution in [0.25, 0.3) is 0 Å². The van der Waals surface area contributed by atoms with E-state index in [2.05, 4.69) is 0 Å². The molecular formula is C23H42O5. The average Bonchev–Trinajstić information content (AvgIpc) is 2.75. The fourth-order valence-electron chi connectivity index (χ4n) is 2.62. The molecule has 0 saturated heterocycles. The lowest BCUT2D eigenvalue weighted by Gasteiger charge is -2.22. The zero-order chi connectivity index (χ0) is 31.6. The van der Waals surface area contributed by atoms with E-state index in [-0.39, 0.29) is 44.7 Å². The van der Waals surface area contributed by atoms with E-state index in [1.165, 1.54) is 13.8 Å². The maximum atomic E-state index is 12.5. The Bertz CT molecular complexity index is 734. The Morgan fingerprint density at radius 3 is 1.39 bits per heavy atom. The first-order chi connectivity index (χ1) is 18.1. The fraction of sp³-hybridized carbons (Fsp3) is 0.870. The van der Waals surface area contributed by atoms with Gasteiger partial charge in [0.25, 0.3) is 0 Å². The maximum Gasteiger partial charge on any atom is 0.311 e. The first-order valence-corrected chi connectivity index (χ1v) is 9.93. The van der Waals surface area contributed by atoms with Gasteiger partial charge in [0.05, 0.1) is 24.0 Å². The second-order valence-electron chi connectivity index (χ2n) is 6.91. The smallest absolute Gasteiger partial charge is 0.311 e. The Balaban J connectivity index is 4.92. The van der Waals surface area contributed by atoms with E-state index in [1.54, 1.807) is 0 Å². The van der Waals surface area contributed by atoms with E-state index >= 15 is 0 Å². The van der Waals surface area contributed by atoms with Crippen LogP contribution in [-0.4, -0.2) is 30.9 Å². The number of carbonyl (C=O) groups excluding carboxylic acids is 3. The zero-order valence-corrected chi connectivity index (χ0v) is 17.0. The molecule has 5 heteroatoms. The summed E-state index contributed by atoms with van der Waals surface area (Å²) in [5.74, 6) is -2.73. The van der Waals surface area contributed by atoms with E-state index in [9.17, 15) is 14.4 Å². The number of ketones is 1. The van der Waals surface area contributed by atoms with Gasteiger partial charge in [0.15, 0.2) is 0 Å². The molecule has 0 aromatic heterocycles. The Morgan fingerprint density at radius 2 is 1.07 bits per heavy atom. The van der Waals surface area contributed by atoms with Crippen LogP contribution in [0.1, 0.15) is 122 Å². The van der Waals surface area contributed by atoms with Crippen LogP contribution in [0.15, 0.2) is 0 Å². The van der Waals surface area contributed by atoms with Gasteiger partial charge in [-0.2, -0.15) is 0 Å². The summed E-state index contributed by atoms with van der Waals surface area (Å²) in [4.78, 5) is 37.2. The first-order valence-electron chi connectivity index (χ1n) is 15.9. The summed E-state index contributed by atoms with van der Waals surface area (Å²) in [6, 6.07) is 0. The molecule has 0 bridgehead atoms. The second kappa shape index (κ2) is 13.7. The molecule has 5 nitrogen and oxygen atoms in total. The lowest BCUT2D eigenvalue weighted by Crippen LogP contribution is -2.26. The minimum absolute atomic E-state index is 0.0725. The third-order valence-electron chi connectivity index (χ3n) is 4.26. The zero-order valence-electron chi connectivity index (χ0n) is 29.0. The summed E-state index contributed by atoms with van der Waals surface area (Å²) in [7, 11) is 0. The quantitative estimate of drug-likeness (QED) is 0.243. The minimum atomic E-state index is -3.12. The van der Waals surface area contributed by atoms with Crippen LogP contribution in [0.2, 0.25) is 0 Å². The number of hydrogen-bond acceptors (Lipinski definition) is 5. The molecule has 28 heavy (non-hydrogen) atoms. The summed E-state index contributed by atoms with van der Waals surface area (Å²) in [5, 5.41) is 0. The van der Waals surface area contributed by atoms with Crippen LogP contribution in [0.3, 0.4) is 0 Å². The van der Waals surface area contributed by atoms with Gasteiger partial charge in [-0.25, -0.2) is 0 Å². The molecule has 0 aromatic rings. The van der Waals surface area contributed by atoms with Crippen molar-refractivity contribution in [2.24, 2.45) is 10.8 Å². The van der Waals surface area contributed by atoms with Gasteiger partial charge in [-0.15, -0.1) is 0 Å². The van der Waals surface area contributed by atoms with Crippen molar-refractivity contribution < 1.29 is 40.3 Å². The molecule has 0 aliphatic carbocycles. The third kappa shape index (κ3) is 11.5. The number of esters is 2. The summed E-state index contributed by atoms with van der Waals surface area (Å²) in [6.45, 7) is -9.92. The van der Waals surface area contributed by atoms with Crippen molar-refractivity contribution in [3.8, 4) is 0 Å². The molecule has 0 aliphatic heterocycles. The molecule has 0 rings (SSSR count). The third-order valence-corrected chi connectivity index (χ3v) is 4.26. The van der Waals surface area contributed by atoms with E-state index < -0.39 is 63.0 Å². The molecule has 0 spiro atoms. The van der Waals surface area contributed by atoms with Crippen LogP contribution < -0.4 is 0 Å². The number of unbranched alkanes of at least 4 members (excludes halogenated alkanes) is 4. The predicted octanol–water partition coefficient (Wildman–Crippen LogP) is 5.64. The number of carbonyl (C=O) groups is 3. The molecular weight excluding hydrogens is 356 g/mol. The standard InChI is InChI=1S/C23H42O5/c1-7-27-20(25)22(3,4)17-13-9-11-15-19(24)16-12-10-14-18-23(5,6)21(26)28-8-2/h7-18H2,1-6H3/i3D3,4D3,5D3,6D3. The highest BCUT2D eigenvalue weighted by Crippen LogP contribution is 2.27.